The van der Waals surface area contributed by atoms with E-state index in [1.54, 1.807) is 0 Å². The van der Waals surface area contributed by atoms with Gasteiger partial charge in [-0.1, -0.05) is 32.0 Å². The molecule has 2 aromatic heterocycles. The fourth-order valence-corrected chi connectivity index (χ4v) is 2.53. The van der Waals surface area contributed by atoms with Crippen molar-refractivity contribution in [3.05, 3.63) is 47.8 Å². The third-order valence-electron chi connectivity index (χ3n) is 3.80. The summed E-state index contributed by atoms with van der Waals surface area (Å²) in [6.07, 6.45) is 3.37. The van der Waals surface area contributed by atoms with Crippen LogP contribution in [-0.2, 0) is 17.6 Å². The highest BCUT2D eigenvalue weighted by molar-refractivity contribution is 5.83. The number of aryl methyl sites for hydroxylation is 1. The minimum absolute atomic E-state index is 0.0140. The molecule has 0 saturated heterocycles. The molecule has 6 nitrogen and oxygen atoms in total. The van der Waals surface area contributed by atoms with Crippen molar-refractivity contribution in [3.63, 3.8) is 0 Å². The predicted octanol–water partition coefficient (Wildman–Crippen LogP) is 2.85. The van der Waals surface area contributed by atoms with Gasteiger partial charge in [0.1, 0.15) is 0 Å². The summed E-state index contributed by atoms with van der Waals surface area (Å²) in [7, 11) is 0. The van der Waals surface area contributed by atoms with Crippen molar-refractivity contribution in [2.75, 3.05) is 6.54 Å². The smallest absolute Gasteiger partial charge is 0.221 e. The van der Waals surface area contributed by atoms with Gasteiger partial charge in [0.25, 0.3) is 0 Å². The largest absolute Gasteiger partial charge is 0.425 e. The van der Waals surface area contributed by atoms with Crippen LogP contribution in [0, 0.1) is 5.92 Å². The lowest BCUT2D eigenvalue weighted by Gasteiger charge is -2.06. The fourth-order valence-electron chi connectivity index (χ4n) is 2.53. The molecule has 0 fully saturated rings. The summed E-state index contributed by atoms with van der Waals surface area (Å²) < 4.78 is 5.67. The number of nitrogens with one attached hydrogen (secondary N) is 2. The van der Waals surface area contributed by atoms with E-state index in [1.165, 1.54) is 0 Å². The van der Waals surface area contributed by atoms with Gasteiger partial charge in [0.15, 0.2) is 0 Å². The molecule has 0 aliphatic carbocycles. The highest BCUT2D eigenvalue weighted by atomic mass is 16.4. The number of benzene rings is 1. The van der Waals surface area contributed by atoms with Gasteiger partial charge in [0.2, 0.25) is 17.7 Å². The quantitative estimate of drug-likeness (QED) is 0.699. The topological polar surface area (TPSA) is 83.8 Å². The molecule has 6 heteroatoms. The number of carbonyl (C=O) groups excluding carboxylic acids is 1. The van der Waals surface area contributed by atoms with Crippen molar-refractivity contribution in [2.24, 2.45) is 5.92 Å². The Morgan fingerprint density at radius 1 is 1.25 bits per heavy atom. The van der Waals surface area contributed by atoms with Gasteiger partial charge in [0.05, 0.1) is 6.42 Å². The van der Waals surface area contributed by atoms with Gasteiger partial charge >= 0.3 is 0 Å². The fraction of sp³-hybridized carbons (Fsp3) is 0.389. The average molecular weight is 326 g/mol. The Kier molecular flexibility index (Phi) is 4.93. The summed E-state index contributed by atoms with van der Waals surface area (Å²) in [5, 5.41) is 12.2. The predicted molar refractivity (Wildman–Crippen MR) is 91.6 cm³/mol. The van der Waals surface area contributed by atoms with Crippen LogP contribution in [0.15, 0.2) is 34.9 Å². The molecule has 0 aliphatic heterocycles. The summed E-state index contributed by atoms with van der Waals surface area (Å²) >= 11 is 0. The van der Waals surface area contributed by atoms with Crippen LogP contribution in [-0.4, -0.2) is 27.6 Å². The normalized spacial score (nSPS) is 11.3. The van der Waals surface area contributed by atoms with Crippen LogP contribution in [0.25, 0.3) is 10.9 Å². The molecular weight excluding hydrogens is 304 g/mol. The van der Waals surface area contributed by atoms with Gasteiger partial charge < -0.3 is 14.7 Å². The third kappa shape index (κ3) is 4.01. The van der Waals surface area contributed by atoms with Crippen molar-refractivity contribution in [3.8, 4) is 0 Å². The standard InChI is InChI=1S/C18H22N4O2/c1-12(2)10-20-16(23)7-8-17-21-22-18(24-17)9-13-11-19-15-6-4-3-5-14(13)15/h3-6,11-12,19H,7-10H2,1-2H3,(H,20,23). The zero-order valence-corrected chi connectivity index (χ0v) is 14.0. The highest BCUT2D eigenvalue weighted by Gasteiger charge is 2.11. The van der Waals surface area contributed by atoms with Gasteiger partial charge in [-0.05, 0) is 17.5 Å². The number of carbonyl (C=O) groups is 1. The lowest BCUT2D eigenvalue weighted by Crippen LogP contribution is -2.27. The zero-order chi connectivity index (χ0) is 16.9. The van der Waals surface area contributed by atoms with Gasteiger partial charge in [-0.25, -0.2) is 0 Å². The third-order valence-corrected chi connectivity index (χ3v) is 3.80. The number of rotatable bonds is 7. The number of aromatic amines is 1. The number of amides is 1. The summed E-state index contributed by atoms with van der Waals surface area (Å²) in [5.74, 6) is 1.53. The van der Waals surface area contributed by atoms with E-state index >= 15 is 0 Å². The minimum atomic E-state index is 0.0140. The Labute approximate surface area is 140 Å². The van der Waals surface area contributed by atoms with Gasteiger partial charge in [-0.3, -0.25) is 4.79 Å². The first kappa shape index (κ1) is 16.2. The van der Waals surface area contributed by atoms with Crippen LogP contribution >= 0.6 is 0 Å². The molecule has 0 radical (unpaired) electrons. The second kappa shape index (κ2) is 7.29. The molecular formula is C18H22N4O2. The van der Waals surface area contributed by atoms with Crippen molar-refractivity contribution >= 4 is 16.8 Å². The number of aromatic nitrogens is 3. The van der Waals surface area contributed by atoms with Crippen LogP contribution in [0.5, 0.6) is 0 Å². The van der Waals surface area contributed by atoms with E-state index in [4.69, 9.17) is 4.42 Å². The molecule has 0 unspecified atom stereocenters. The Morgan fingerprint density at radius 2 is 2.04 bits per heavy atom. The second-order valence-corrected chi connectivity index (χ2v) is 6.32. The number of hydrogen-bond donors (Lipinski definition) is 2. The molecule has 1 amide bonds. The van der Waals surface area contributed by atoms with Crippen molar-refractivity contribution in [1.82, 2.24) is 20.5 Å². The van der Waals surface area contributed by atoms with Crippen LogP contribution in [0.2, 0.25) is 0 Å². The van der Waals surface area contributed by atoms with Crippen molar-refractivity contribution in [2.45, 2.75) is 33.1 Å². The molecule has 1 aromatic carbocycles. The van der Waals surface area contributed by atoms with Crippen LogP contribution < -0.4 is 5.32 Å². The van der Waals surface area contributed by atoms with E-state index in [2.05, 4.69) is 40.4 Å². The number of fused-ring (bicyclic) bond motifs is 1. The van der Waals surface area contributed by atoms with Crippen molar-refractivity contribution in [1.29, 1.82) is 0 Å². The Balaban J connectivity index is 1.57. The summed E-state index contributed by atoms with van der Waals surface area (Å²) in [6, 6.07) is 8.11. The van der Waals surface area contributed by atoms with Crippen LogP contribution in [0.3, 0.4) is 0 Å². The molecule has 2 N–H and O–H groups in total. The maximum Gasteiger partial charge on any atom is 0.221 e. The van der Waals surface area contributed by atoms with E-state index in [-0.39, 0.29) is 5.91 Å². The van der Waals surface area contributed by atoms with Gasteiger partial charge in [-0.15, -0.1) is 10.2 Å². The molecule has 0 aliphatic rings. The number of nitrogens with zero attached hydrogens (tertiary/aromatic N) is 2. The molecule has 3 rings (SSSR count). The molecule has 0 atom stereocenters. The van der Waals surface area contributed by atoms with E-state index in [0.717, 1.165) is 16.5 Å². The van der Waals surface area contributed by atoms with E-state index in [0.29, 0.717) is 43.5 Å². The maximum absolute atomic E-state index is 11.7. The van der Waals surface area contributed by atoms with E-state index in [1.807, 2.05) is 24.4 Å². The molecule has 3 aromatic rings. The lowest BCUT2D eigenvalue weighted by molar-refractivity contribution is -0.121. The lowest BCUT2D eigenvalue weighted by atomic mass is 10.1. The monoisotopic (exact) mass is 326 g/mol. The first-order valence-corrected chi connectivity index (χ1v) is 8.25. The van der Waals surface area contributed by atoms with Crippen LogP contribution in [0.1, 0.15) is 37.6 Å². The summed E-state index contributed by atoms with van der Waals surface area (Å²) in [6.45, 7) is 4.82. The molecule has 2 heterocycles. The van der Waals surface area contributed by atoms with Gasteiger partial charge in [0, 0.05) is 36.5 Å². The zero-order valence-electron chi connectivity index (χ0n) is 14.0. The number of para-hydroxylation sites is 1. The first-order chi connectivity index (χ1) is 11.6. The minimum Gasteiger partial charge on any atom is -0.425 e. The highest BCUT2D eigenvalue weighted by Crippen LogP contribution is 2.20. The SMILES string of the molecule is CC(C)CNC(=O)CCc1nnc(Cc2c[nH]c3ccccc23)o1. The van der Waals surface area contributed by atoms with Crippen LogP contribution in [0.4, 0.5) is 0 Å². The summed E-state index contributed by atoms with van der Waals surface area (Å²) in [4.78, 5) is 15.0. The molecule has 0 spiro atoms. The van der Waals surface area contributed by atoms with Crippen molar-refractivity contribution < 1.29 is 9.21 Å². The number of H-pyrrole nitrogens is 1. The molecule has 0 saturated carbocycles. The second-order valence-electron chi connectivity index (χ2n) is 6.32. The van der Waals surface area contributed by atoms with E-state index in [9.17, 15) is 4.79 Å². The molecule has 0 bridgehead atoms. The summed E-state index contributed by atoms with van der Waals surface area (Å²) in [5.41, 5.74) is 2.21. The Morgan fingerprint density at radius 3 is 2.88 bits per heavy atom. The average Bonchev–Trinajstić information content (AvgIpc) is 3.19. The number of hydrogen-bond acceptors (Lipinski definition) is 4. The Hall–Kier alpha value is -2.63. The maximum atomic E-state index is 11.7. The van der Waals surface area contributed by atoms with E-state index < -0.39 is 0 Å². The first-order valence-electron chi connectivity index (χ1n) is 8.25. The molecule has 126 valence electrons. The van der Waals surface area contributed by atoms with Gasteiger partial charge in [-0.2, -0.15) is 0 Å². The molecule has 24 heavy (non-hydrogen) atoms. The Bertz CT molecular complexity index is 819.